The standard InChI is InChI=1S/C22H18Cl2N6OS/c23-15-5-1-2-6-16(15)30-22(32)19(27-12-25)9-8-14-4-3-7-17(20(14)24)29-21(31)18-10-11-26-13-28-18/h1-7,9-13H,8H2,(H2,25,27)(H,29,31)(H,30,32)/b19-9-. The molecule has 0 spiro atoms. The van der Waals surface area contributed by atoms with Gasteiger partial charge in [-0.25, -0.2) is 15.0 Å². The molecule has 0 aliphatic carbocycles. The predicted octanol–water partition coefficient (Wildman–Crippen LogP) is 4.89. The van der Waals surface area contributed by atoms with Crippen LogP contribution in [0.2, 0.25) is 10.0 Å². The second kappa shape index (κ2) is 11.3. The third kappa shape index (κ3) is 6.10. The third-order valence-electron chi connectivity index (χ3n) is 4.23. The van der Waals surface area contributed by atoms with Crippen LogP contribution in [0.5, 0.6) is 0 Å². The molecule has 0 atom stereocenters. The van der Waals surface area contributed by atoms with Crippen LogP contribution in [0.4, 0.5) is 11.4 Å². The fraction of sp³-hybridized carbons (Fsp3) is 0.0455. The Morgan fingerprint density at radius 3 is 2.59 bits per heavy atom. The molecule has 2 aromatic carbocycles. The number of thiocarbonyl (C=S) groups is 1. The van der Waals surface area contributed by atoms with Gasteiger partial charge in [0, 0.05) is 6.20 Å². The summed E-state index contributed by atoms with van der Waals surface area (Å²) in [5, 5.41) is 6.74. The molecule has 0 radical (unpaired) electrons. The minimum Gasteiger partial charge on any atom is -0.390 e. The van der Waals surface area contributed by atoms with Crippen LogP contribution in [0.3, 0.4) is 0 Å². The third-order valence-corrected chi connectivity index (χ3v) is 5.31. The first kappa shape index (κ1) is 23.3. The lowest BCUT2D eigenvalue weighted by molar-refractivity contribution is 0.102. The van der Waals surface area contributed by atoms with E-state index in [0.717, 1.165) is 11.9 Å². The fourth-order valence-corrected chi connectivity index (χ4v) is 3.36. The Bertz CT molecular complexity index is 1180. The number of carbonyl (C=O) groups excluding carboxylic acids is 1. The first-order valence-electron chi connectivity index (χ1n) is 9.34. The van der Waals surface area contributed by atoms with Gasteiger partial charge < -0.3 is 16.4 Å². The zero-order chi connectivity index (χ0) is 22.9. The highest BCUT2D eigenvalue weighted by Gasteiger charge is 2.12. The first-order chi connectivity index (χ1) is 15.5. The molecule has 4 N–H and O–H groups in total. The Morgan fingerprint density at radius 1 is 1.09 bits per heavy atom. The highest BCUT2D eigenvalue weighted by Crippen LogP contribution is 2.27. The van der Waals surface area contributed by atoms with Crippen molar-refractivity contribution in [3.8, 4) is 0 Å². The van der Waals surface area contributed by atoms with Gasteiger partial charge in [0.25, 0.3) is 5.91 Å². The number of hydrogen-bond donors (Lipinski definition) is 3. The SMILES string of the molecule is NC=N/C(=C\Cc1cccc(NC(=O)c2ccncn2)c1Cl)C(=S)Nc1ccccc1Cl. The van der Waals surface area contributed by atoms with Crippen molar-refractivity contribution in [3.63, 3.8) is 0 Å². The average molecular weight is 485 g/mol. The smallest absolute Gasteiger partial charge is 0.274 e. The highest BCUT2D eigenvalue weighted by molar-refractivity contribution is 7.81. The van der Waals surface area contributed by atoms with Crippen molar-refractivity contribution >= 4 is 64.0 Å². The summed E-state index contributed by atoms with van der Waals surface area (Å²) < 4.78 is 0. The number of carbonyl (C=O) groups is 1. The zero-order valence-corrected chi connectivity index (χ0v) is 19.0. The van der Waals surface area contributed by atoms with Crippen LogP contribution in [-0.2, 0) is 6.42 Å². The topological polar surface area (TPSA) is 105 Å². The second-order valence-electron chi connectivity index (χ2n) is 6.33. The van der Waals surface area contributed by atoms with Crippen molar-refractivity contribution in [1.29, 1.82) is 0 Å². The Balaban J connectivity index is 1.77. The van der Waals surface area contributed by atoms with Crippen LogP contribution in [0.15, 0.2) is 77.8 Å². The van der Waals surface area contributed by atoms with Gasteiger partial charge in [0.05, 0.1) is 33.5 Å². The van der Waals surface area contributed by atoms with Crippen LogP contribution >= 0.6 is 35.4 Å². The van der Waals surface area contributed by atoms with Gasteiger partial charge in [-0.3, -0.25) is 4.79 Å². The van der Waals surface area contributed by atoms with E-state index in [-0.39, 0.29) is 11.6 Å². The number of para-hydroxylation sites is 1. The minimum atomic E-state index is -0.388. The maximum Gasteiger partial charge on any atom is 0.274 e. The summed E-state index contributed by atoms with van der Waals surface area (Å²) in [5.74, 6) is -0.388. The number of aromatic nitrogens is 2. The van der Waals surface area contributed by atoms with Gasteiger partial charge in [-0.2, -0.15) is 0 Å². The van der Waals surface area contributed by atoms with E-state index in [2.05, 4.69) is 25.6 Å². The summed E-state index contributed by atoms with van der Waals surface area (Å²) in [4.78, 5) is 24.6. The van der Waals surface area contributed by atoms with E-state index in [1.165, 1.54) is 18.6 Å². The molecule has 0 aliphatic rings. The van der Waals surface area contributed by atoms with E-state index < -0.39 is 0 Å². The van der Waals surface area contributed by atoms with Crippen molar-refractivity contribution in [3.05, 3.63) is 94.1 Å². The van der Waals surface area contributed by atoms with E-state index in [1.54, 1.807) is 30.3 Å². The summed E-state index contributed by atoms with van der Waals surface area (Å²) in [6, 6.07) is 14.1. The lowest BCUT2D eigenvalue weighted by atomic mass is 10.1. The lowest BCUT2D eigenvalue weighted by Crippen LogP contribution is -2.14. The molecule has 0 saturated heterocycles. The molecule has 1 amide bonds. The van der Waals surface area contributed by atoms with Gasteiger partial charge in [-0.05, 0) is 36.2 Å². The number of nitrogens with one attached hydrogen (secondary N) is 2. The molecule has 3 aromatic rings. The molecule has 0 bridgehead atoms. The number of hydrogen-bond acceptors (Lipinski definition) is 5. The summed E-state index contributed by atoms with van der Waals surface area (Å²) in [6.07, 6.45) is 6.13. The Kier molecular flexibility index (Phi) is 8.27. The number of aliphatic imine (C=N–C) groups is 1. The van der Waals surface area contributed by atoms with E-state index in [0.29, 0.717) is 38.5 Å². The molecule has 1 heterocycles. The summed E-state index contributed by atoms with van der Waals surface area (Å²) >= 11 is 18.2. The molecule has 1 aromatic heterocycles. The number of amides is 1. The zero-order valence-electron chi connectivity index (χ0n) is 16.6. The molecule has 32 heavy (non-hydrogen) atoms. The molecule has 0 aliphatic heterocycles. The number of nitrogens with zero attached hydrogens (tertiary/aromatic N) is 3. The van der Waals surface area contributed by atoms with E-state index >= 15 is 0 Å². The predicted molar refractivity (Wildman–Crippen MR) is 134 cm³/mol. The maximum atomic E-state index is 12.4. The first-order valence-corrected chi connectivity index (χ1v) is 10.5. The van der Waals surface area contributed by atoms with Gasteiger partial charge in [-0.15, -0.1) is 0 Å². The normalized spacial score (nSPS) is 11.4. The summed E-state index contributed by atoms with van der Waals surface area (Å²) in [6.45, 7) is 0. The second-order valence-corrected chi connectivity index (χ2v) is 7.53. The molecule has 3 rings (SSSR count). The van der Waals surface area contributed by atoms with Gasteiger partial charge in [0.1, 0.15) is 17.0 Å². The van der Waals surface area contributed by atoms with Crippen LogP contribution in [0, 0.1) is 0 Å². The number of nitrogens with two attached hydrogens (primary N) is 1. The molecule has 7 nitrogen and oxygen atoms in total. The molecule has 162 valence electrons. The number of anilines is 2. The van der Waals surface area contributed by atoms with Crippen LogP contribution in [-0.4, -0.2) is 27.2 Å². The highest BCUT2D eigenvalue weighted by atomic mass is 35.5. The summed E-state index contributed by atoms with van der Waals surface area (Å²) in [7, 11) is 0. The van der Waals surface area contributed by atoms with Crippen LogP contribution in [0.25, 0.3) is 0 Å². The lowest BCUT2D eigenvalue weighted by Gasteiger charge is -2.11. The number of rotatable bonds is 7. The van der Waals surface area contributed by atoms with Gasteiger partial charge in [0.2, 0.25) is 0 Å². The van der Waals surface area contributed by atoms with E-state index in [9.17, 15) is 4.79 Å². The van der Waals surface area contributed by atoms with Crippen molar-refractivity contribution in [2.45, 2.75) is 6.42 Å². The van der Waals surface area contributed by atoms with E-state index in [1.807, 2.05) is 18.2 Å². The van der Waals surface area contributed by atoms with Gasteiger partial charge in [-0.1, -0.05) is 65.8 Å². The molecule has 0 unspecified atom stereocenters. The van der Waals surface area contributed by atoms with E-state index in [4.69, 9.17) is 41.2 Å². The fourth-order valence-electron chi connectivity index (χ4n) is 2.69. The molecule has 0 saturated carbocycles. The summed E-state index contributed by atoms with van der Waals surface area (Å²) in [5.41, 5.74) is 8.06. The minimum absolute atomic E-state index is 0.233. The Hall–Kier alpha value is -3.33. The number of benzene rings is 2. The molecular formula is C22H18Cl2N6OS. The number of halogens is 2. The molecule has 10 heteroatoms. The largest absolute Gasteiger partial charge is 0.390 e. The molecule has 0 fully saturated rings. The number of allylic oxidation sites excluding steroid dienone is 1. The monoisotopic (exact) mass is 484 g/mol. The van der Waals surface area contributed by atoms with Crippen molar-refractivity contribution < 1.29 is 4.79 Å². The van der Waals surface area contributed by atoms with Gasteiger partial charge >= 0.3 is 0 Å². The Morgan fingerprint density at radius 2 is 1.88 bits per heavy atom. The van der Waals surface area contributed by atoms with Crippen LogP contribution < -0.4 is 16.4 Å². The van der Waals surface area contributed by atoms with Gasteiger partial charge in [0.15, 0.2) is 0 Å². The Labute approximate surface area is 200 Å². The van der Waals surface area contributed by atoms with Crippen molar-refractivity contribution in [1.82, 2.24) is 9.97 Å². The molecular weight excluding hydrogens is 467 g/mol. The quantitative estimate of drug-likeness (QED) is 0.191. The van der Waals surface area contributed by atoms with Crippen LogP contribution in [0.1, 0.15) is 16.1 Å². The average Bonchev–Trinajstić information content (AvgIpc) is 2.80. The maximum absolute atomic E-state index is 12.4. The van der Waals surface area contributed by atoms with Crippen molar-refractivity contribution in [2.24, 2.45) is 10.7 Å². The van der Waals surface area contributed by atoms with Crippen molar-refractivity contribution in [2.75, 3.05) is 10.6 Å².